The van der Waals surface area contributed by atoms with Gasteiger partial charge in [-0.05, 0) is 39.5 Å². The molecule has 0 aliphatic rings. The van der Waals surface area contributed by atoms with Gasteiger partial charge in [0.2, 0.25) is 0 Å². The molecule has 0 spiro atoms. The van der Waals surface area contributed by atoms with E-state index in [9.17, 15) is 0 Å². The van der Waals surface area contributed by atoms with Crippen molar-refractivity contribution in [3.63, 3.8) is 0 Å². The molecule has 0 amide bonds. The third kappa shape index (κ3) is 4.05. The number of hydrogen-bond acceptors (Lipinski definition) is 0. The lowest BCUT2D eigenvalue weighted by Gasteiger charge is -2.30. The molecule has 1 unspecified atom stereocenters. The van der Waals surface area contributed by atoms with Gasteiger partial charge < -0.3 is 0 Å². The van der Waals surface area contributed by atoms with Gasteiger partial charge in [-0.15, -0.1) is 0 Å². The van der Waals surface area contributed by atoms with E-state index < -0.39 is 0 Å². The van der Waals surface area contributed by atoms with Gasteiger partial charge in [0.05, 0.1) is 0 Å². The molecule has 0 radical (unpaired) electrons. The Morgan fingerprint density at radius 2 is 1.39 bits per heavy atom. The lowest BCUT2D eigenvalue weighted by molar-refractivity contribution is 0.558. The SMILES string of the molecule is CCC(c1ccccc1)c1ccc(C(C)(C)C)cc1C(C)(C)C. The molecule has 23 heavy (non-hydrogen) atoms. The second kappa shape index (κ2) is 6.51. The van der Waals surface area contributed by atoms with Crippen LogP contribution in [0, 0.1) is 0 Å². The van der Waals surface area contributed by atoms with E-state index in [1.54, 1.807) is 0 Å². The first-order valence-electron chi connectivity index (χ1n) is 8.84. The minimum absolute atomic E-state index is 0.152. The van der Waals surface area contributed by atoms with Crippen molar-refractivity contribution in [1.82, 2.24) is 0 Å². The molecular formula is C23H32. The zero-order valence-corrected chi connectivity index (χ0v) is 15.9. The Kier molecular flexibility index (Phi) is 5.04. The van der Waals surface area contributed by atoms with Gasteiger partial charge in [-0.25, -0.2) is 0 Å². The smallest absolute Gasteiger partial charge is 0.00896 e. The summed E-state index contributed by atoms with van der Waals surface area (Å²) in [7, 11) is 0. The number of rotatable bonds is 3. The van der Waals surface area contributed by atoms with E-state index in [4.69, 9.17) is 0 Å². The molecule has 0 N–H and O–H groups in total. The lowest BCUT2D eigenvalue weighted by Crippen LogP contribution is -2.20. The van der Waals surface area contributed by atoms with Crippen molar-refractivity contribution in [2.75, 3.05) is 0 Å². The first-order valence-corrected chi connectivity index (χ1v) is 8.84. The molecule has 0 aliphatic heterocycles. The number of hydrogen-bond donors (Lipinski definition) is 0. The summed E-state index contributed by atoms with van der Waals surface area (Å²) in [6.07, 6.45) is 1.13. The van der Waals surface area contributed by atoms with Gasteiger partial charge in [-0.2, -0.15) is 0 Å². The van der Waals surface area contributed by atoms with Gasteiger partial charge >= 0.3 is 0 Å². The fraction of sp³-hybridized carbons (Fsp3) is 0.478. The predicted molar refractivity (Wildman–Crippen MR) is 102 cm³/mol. The summed E-state index contributed by atoms with van der Waals surface area (Å²) < 4.78 is 0. The van der Waals surface area contributed by atoms with Crippen LogP contribution >= 0.6 is 0 Å². The lowest BCUT2D eigenvalue weighted by atomic mass is 9.74. The van der Waals surface area contributed by atoms with Crippen LogP contribution in [0.25, 0.3) is 0 Å². The minimum atomic E-state index is 0.152. The molecule has 124 valence electrons. The van der Waals surface area contributed by atoms with E-state index in [-0.39, 0.29) is 10.8 Å². The van der Waals surface area contributed by atoms with Crippen LogP contribution < -0.4 is 0 Å². The Morgan fingerprint density at radius 1 is 0.783 bits per heavy atom. The van der Waals surface area contributed by atoms with Crippen molar-refractivity contribution >= 4 is 0 Å². The molecule has 0 heteroatoms. The van der Waals surface area contributed by atoms with E-state index in [2.05, 4.69) is 97.0 Å². The van der Waals surface area contributed by atoms with Crippen molar-refractivity contribution in [3.8, 4) is 0 Å². The monoisotopic (exact) mass is 308 g/mol. The average molecular weight is 309 g/mol. The Labute approximate surface area is 143 Å². The summed E-state index contributed by atoms with van der Waals surface area (Å²) >= 11 is 0. The second-order valence-corrected chi connectivity index (χ2v) is 8.67. The van der Waals surface area contributed by atoms with Crippen LogP contribution in [-0.2, 0) is 10.8 Å². The van der Waals surface area contributed by atoms with Crippen LogP contribution in [-0.4, -0.2) is 0 Å². The fourth-order valence-corrected chi connectivity index (χ4v) is 3.30. The Morgan fingerprint density at radius 3 is 1.87 bits per heavy atom. The van der Waals surface area contributed by atoms with Gasteiger partial charge in [0.1, 0.15) is 0 Å². The van der Waals surface area contributed by atoms with Crippen LogP contribution in [0.3, 0.4) is 0 Å². The first kappa shape index (κ1) is 17.8. The largest absolute Gasteiger partial charge is 0.0645 e. The highest BCUT2D eigenvalue weighted by molar-refractivity contribution is 5.44. The average Bonchev–Trinajstić information content (AvgIpc) is 2.47. The van der Waals surface area contributed by atoms with E-state index in [1.165, 1.54) is 22.3 Å². The number of benzene rings is 2. The van der Waals surface area contributed by atoms with Gasteiger partial charge in [-0.3, -0.25) is 0 Å². The third-order valence-corrected chi connectivity index (χ3v) is 4.71. The van der Waals surface area contributed by atoms with Gasteiger partial charge in [-0.1, -0.05) is 97.0 Å². The molecule has 0 nitrogen and oxygen atoms in total. The first-order chi connectivity index (χ1) is 10.6. The van der Waals surface area contributed by atoms with Crippen LogP contribution in [0.4, 0.5) is 0 Å². The van der Waals surface area contributed by atoms with E-state index >= 15 is 0 Å². The maximum Gasteiger partial charge on any atom is 0.00896 e. The zero-order valence-electron chi connectivity index (χ0n) is 15.9. The molecule has 0 bridgehead atoms. The highest BCUT2D eigenvalue weighted by Gasteiger charge is 2.25. The molecule has 2 rings (SSSR count). The molecule has 0 aliphatic carbocycles. The van der Waals surface area contributed by atoms with E-state index in [0.717, 1.165) is 6.42 Å². The third-order valence-electron chi connectivity index (χ3n) is 4.71. The molecule has 0 saturated heterocycles. The summed E-state index contributed by atoms with van der Waals surface area (Å²) in [6, 6.07) is 18.1. The minimum Gasteiger partial charge on any atom is -0.0645 e. The molecular weight excluding hydrogens is 276 g/mol. The summed E-state index contributed by atoms with van der Waals surface area (Å²) in [5.41, 5.74) is 6.16. The maximum absolute atomic E-state index is 2.45. The highest BCUT2D eigenvalue weighted by Crippen LogP contribution is 2.38. The second-order valence-electron chi connectivity index (χ2n) is 8.67. The van der Waals surface area contributed by atoms with Crippen LogP contribution in [0.1, 0.15) is 83.1 Å². The van der Waals surface area contributed by atoms with Gasteiger partial charge in [0.25, 0.3) is 0 Å². The van der Waals surface area contributed by atoms with Gasteiger partial charge in [0, 0.05) is 5.92 Å². The highest BCUT2D eigenvalue weighted by atomic mass is 14.3. The summed E-state index contributed by atoms with van der Waals surface area (Å²) in [6.45, 7) is 16.2. The van der Waals surface area contributed by atoms with Crippen molar-refractivity contribution < 1.29 is 0 Å². The maximum atomic E-state index is 2.45. The molecule has 0 fully saturated rings. The normalized spacial score (nSPS) is 13.9. The molecule has 2 aromatic carbocycles. The van der Waals surface area contributed by atoms with Gasteiger partial charge in [0.15, 0.2) is 0 Å². The van der Waals surface area contributed by atoms with Crippen molar-refractivity contribution in [1.29, 1.82) is 0 Å². The summed E-state index contributed by atoms with van der Waals surface area (Å²) in [5.74, 6) is 0.472. The van der Waals surface area contributed by atoms with Crippen molar-refractivity contribution in [3.05, 3.63) is 70.8 Å². The molecule has 0 heterocycles. The van der Waals surface area contributed by atoms with Crippen LogP contribution in [0.2, 0.25) is 0 Å². The molecule has 0 saturated carbocycles. The Balaban J connectivity index is 2.61. The topological polar surface area (TPSA) is 0 Å². The van der Waals surface area contributed by atoms with E-state index in [0.29, 0.717) is 5.92 Å². The van der Waals surface area contributed by atoms with Crippen LogP contribution in [0.5, 0.6) is 0 Å². The summed E-state index contributed by atoms with van der Waals surface area (Å²) in [5, 5.41) is 0. The quantitative estimate of drug-likeness (QED) is 0.583. The van der Waals surface area contributed by atoms with Crippen molar-refractivity contribution in [2.24, 2.45) is 0 Å². The Bertz CT molecular complexity index is 636. The molecule has 0 aromatic heterocycles. The standard InChI is InChI=1S/C23H32/c1-8-19(17-12-10-9-11-13-17)20-15-14-18(22(2,3)4)16-21(20)23(5,6)7/h9-16,19H,8H2,1-7H3. The summed E-state index contributed by atoms with van der Waals surface area (Å²) in [4.78, 5) is 0. The molecule has 1 atom stereocenters. The fourth-order valence-electron chi connectivity index (χ4n) is 3.30. The molecule has 2 aromatic rings. The zero-order chi connectivity index (χ0) is 17.3. The van der Waals surface area contributed by atoms with E-state index in [1.807, 2.05) is 0 Å². The van der Waals surface area contributed by atoms with Crippen LogP contribution in [0.15, 0.2) is 48.5 Å². The van der Waals surface area contributed by atoms with Crippen molar-refractivity contribution in [2.45, 2.75) is 71.6 Å². The Hall–Kier alpha value is -1.56. The predicted octanol–water partition coefficient (Wildman–Crippen LogP) is 6.82.